The SMILES string of the molecule is CC.CN(C)C(=O)c1ccccc1.CNC1=CC(C)ON(C2=CCN(C)C(C)=C2/C=C(\C)CN2CCCCC2)C=C1. The van der Waals surface area contributed by atoms with E-state index in [0.29, 0.717) is 0 Å². The lowest BCUT2D eigenvalue weighted by Crippen LogP contribution is -2.32. The smallest absolute Gasteiger partial charge is 0.253 e. The molecule has 1 atom stereocenters. The van der Waals surface area contributed by atoms with E-state index in [0.717, 1.165) is 30.0 Å². The molecule has 0 saturated carbocycles. The summed E-state index contributed by atoms with van der Waals surface area (Å²) in [5.74, 6) is 0.0469. The molecule has 7 nitrogen and oxygen atoms in total. The van der Waals surface area contributed by atoms with Crippen LogP contribution in [0, 0.1) is 0 Å². The Morgan fingerprint density at radius 3 is 2.39 bits per heavy atom. The summed E-state index contributed by atoms with van der Waals surface area (Å²) in [6.07, 6.45) is 14.8. The van der Waals surface area contributed by atoms with Gasteiger partial charge < -0.3 is 15.1 Å². The Bertz CT molecular complexity index is 1110. The van der Waals surface area contributed by atoms with Gasteiger partial charge in [-0.25, -0.2) is 5.06 Å². The minimum Gasteiger partial charge on any atom is -0.388 e. The summed E-state index contributed by atoms with van der Waals surface area (Å²) in [5, 5.41) is 5.15. The van der Waals surface area contributed by atoms with Gasteiger partial charge in [-0.05, 0) is 77.1 Å². The molecule has 1 unspecified atom stereocenters. The number of likely N-dealkylation sites (N-methyl/N-ethyl adjacent to an activating group) is 2. The molecule has 0 aliphatic carbocycles. The van der Waals surface area contributed by atoms with Crippen LogP contribution in [0.4, 0.5) is 0 Å². The van der Waals surface area contributed by atoms with E-state index < -0.39 is 0 Å². The molecule has 3 aliphatic rings. The third-order valence-electron chi connectivity index (χ3n) is 7.15. The molecule has 1 saturated heterocycles. The third kappa shape index (κ3) is 10.6. The van der Waals surface area contributed by atoms with Gasteiger partial charge >= 0.3 is 0 Å². The second-order valence-corrected chi connectivity index (χ2v) is 10.7. The average molecular weight is 564 g/mol. The maximum atomic E-state index is 11.3. The van der Waals surface area contributed by atoms with Crippen LogP contribution in [-0.4, -0.2) is 86.1 Å². The fraction of sp³-hybridized carbons (Fsp3) is 0.500. The monoisotopic (exact) mass is 563 g/mol. The Morgan fingerprint density at radius 1 is 1.12 bits per heavy atom. The van der Waals surface area contributed by atoms with E-state index in [4.69, 9.17) is 4.84 Å². The lowest BCUT2D eigenvalue weighted by Gasteiger charge is -2.33. The van der Waals surface area contributed by atoms with Crippen LogP contribution >= 0.6 is 0 Å². The zero-order valence-corrected chi connectivity index (χ0v) is 26.9. The minimum atomic E-state index is -0.00186. The summed E-state index contributed by atoms with van der Waals surface area (Å²) < 4.78 is 0. The van der Waals surface area contributed by atoms with Crippen LogP contribution in [0.5, 0.6) is 0 Å². The molecule has 3 heterocycles. The quantitative estimate of drug-likeness (QED) is 0.446. The largest absolute Gasteiger partial charge is 0.388 e. The van der Waals surface area contributed by atoms with E-state index >= 15 is 0 Å². The molecule has 1 amide bonds. The molecule has 1 N–H and O–H groups in total. The van der Waals surface area contributed by atoms with Gasteiger partial charge in [-0.1, -0.05) is 50.1 Å². The number of hydroxylamine groups is 2. The van der Waals surface area contributed by atoms with Gasteiger partial charge in [0.1, 0.15) is 6.10 Å². The van der Waals surface area contributed by atoms with Crippen LogP contribution in [0.1, 0.15) is 64.2 Å². The second kappa shape index (κ2) is 17.5. The summed E-state index contributed by atoms with van der Waals surface area (Å²) in [4.78, 5) is 23.9. The van der Waals surface area contributed by atoms with Crippen molar-refractivity contribution in [2.45, 2.75) is 60.0 Å². The van der Waals surface area contributed by atoms with Crippen LogP contribution in [0.25, 0.3) is 0 Å². The zero-order valence-electron chi connectivity index (χ0n) is 26.9. The van der Waals surface area contributed by atoms with Crippen molar-refractivity contribution < 1.29 is 9.63 Å². The number of hydrogen-bond donors (Lipinski definition) is 1. The Kier molecular flexibility index (Phi) is 14.5. The highest BCUT2D eigenvalue weighted by Crippen LogP contribution is 2.29. The Morgan fingerprint density at radius 2 is 1.78 bits per heavy atom. The molecular weight excluding hydrogens is 510 g/mol. The molecule has 226 valence electrons. The van der Waals surface area contributed by atoms with E-state index in [-0.39, 0.29) is 12.0 Å². The van der Waals surface area contributed by atoms with Crippen LogP contribution in [-0.2, 0) is 4.84 Å². The lowest BCUT2D eigenvalue weighted by molar-refractivity contribution is -0.114. The number of nitrogens with one attached hydrogen (secondary N) is 1. The number of allylic oxidation sites excluding steroid dienone is 3. The van der Waals surface area contributed by atoms with Crippen LogP contribution in [0.2, 0.25) is 0 Å². The Hall–Kier alpha value is -3.29. The van der Waals surface area contributed by atoms with Gasteiger partial charge in [0.2, 0.25) is 0 Å². The number of benzene rings is 1. The van der Waals surface area contributed by atoms with Gasteiger partial charge in [0.25, 0.3) is 5.91 Å². The number of carbonyl (C=O) groups is 1. The Labute approximate surface area is 249 Å². The summed E-state index contributed by atoms with van der Waals surface area (Å²) in [6.45, 7) is 14.9. The van der Waals surface area contributed by atoms with Crippen LogP contribution in [0.15, 0.2) is 89.1 Å². The van der Waals surface area contributed by atoms with Crippen molar-refractivity contribution in [1.82, 2.24) is 25.1 Å². The fourth-order valence-electron chi connectivity index (χ4n) is 4.85. The zero-order chi connectivity index (χ0) is 30.4. The first kappa shape index (κ1) is 33.9. The first-order valence-corrected chi connectivity index (χ1v) is 15.0. The molecule has 0 aromatic heterocycles. The second-order valence-electron chi connectivity index (χ2n) is 10.7. The maximum absolute atomic E-state index is 11.3. The van der Waals surface area contributed by atoms with Crippen molar-refractivity contribution in [3.05, 3.63) is 94.6 Å². The fourth-order valence-corrected chi connectivity index (χ4v) is 4.85. The van der Waals surface area contributed by atoms with Crippen molar-refractivity contribution in [1.29, 1.82) is 0 Å². The van der Waals surface area contributed by atoms with E-state index in [9.17, 15) is 4.79 Å². The number of amides is 1. The van der Waals surface area contributed by atoms with Crippen molar-refractivity contribution in [3.63, 3.8) is 0 Å². The first-order valence-electron chi connectivity index (χ1n) is 15.0. The van der Waals surface area contributed by atoms with Crippen LogP contribution < -0.4 is 5.32 Å². The molecular formula is C34H53N5O2. The molecule has 0 spiro atoms. The van der Waals surface area contributed by atoms with Gasteiger partial charge in [-0.3, -0.25) is 14.5 Å². The highest BCUT2D eigenvalue weighted by molar-refractivity contribution is 5.93. The summed E-state index contributed by atoms with van der Waals surface area (Å²) in [6, 6.07) is 9.23. The molecule has 1 fully saturated rings. The number of carbonyl (C=O) groups excluding carboxylic acids is 1. The number of hydrogen-bond acceptors (Lipinski definition) is 6. The van der Waals surface area contributed by atoms with Gasteiger partial charge in [0, 0.05) is 70.0 Å². The predicted octanol–water partition coefficient (Wildman–Crippen LogP) is 6.19. The van der Waals surface area contributed by atoms with Gasteiger partial charge in [-0.2, -0.15) is 0 Å². The van der Waals surface area contributed by atoms with E-state index in [2.05, 4.69) is 67.2 Å². The predicted molar refractivity (Wildman–Crippen MR) is 172 cm³/mol. The number of rotatable bonds is 6. The number of piperidine rings is 1. The van der Waals surface area contributed by atoms with Crippen molar-refractivity contribution in [3.8, 4) is 0 Å². The lowest BCUT2D eigenvalue weighted by atomic mass is 10.0. The van der Waals surface area contributed by atoms with Crippen LogP contribution in [0.3, 0.4) is 0 Å². The minimum absolute atomic E-state index is 0.00186. The standard InChI is InChI=1S/C23H36N4O.C9H11NO.C2H6/c1-18(17-26-11-7-6-8-12-26)15-22-20(3)25(5)13-10-23(22)27-14-9-21(24-4)16-19(2)28-27;1-10(2)9(11)8-6-4-3-5-7-8;1-2/h9-10,14-16,19,24H,6-8,11-13,17H2,1-5H3;3-7H,1-2H3;1-2H3/b18-15+;;. The third-order valence-corrected chi connectivity index (χ3v) is 7.15. The first-order chi connectivity index (χ1) is 19.7. The van der Waals surface area contributed by atoms with Crippen molar-refractivity contribution >= 4 is 5.91 Å². The van der Waals surface area contributed by atoms with E-state index in [1.807, 2.05) is 62.5 Å². The molecule has 1 aromatic rings. The van der Waals surface area contributed by atoms with Gasteiger partial charge in [-0.15, -0.1) is 0 Å². The topological polar surface area (TPSA) is 51.3 Å². The molecule has 7 heteroatoms. The molecule has 4 rings (SSSR count). The van der Waals surface area contributed by atoms with E-state index in [1.54, 1.807) is 19.0 Å². The van der Waals surface area contributed by atoms with Gasteiger partial charge in [0.05, 0.1) is 5.70 Å². The average Bonchev–Trinajstić information content (AvgIpc) is 3.18. The van der Waals surface area contributed by atoms with Crippen molar-refractivity contribution in [2.75, 3.05) is 54.4 Å². The van der Waals surface area contributed by atoms with Gasteiger partial charge in [0.15, 0.2) is 0 Å². The summed E-state index contributed by atoms with van der Waals surface area (Å²) in [7, 11) is 7.58. The molecule has 0 radical (unpaired) electrons. The van der Waals surface area contributed by atoms with Crippen molar-refractivity contribution in [2.24, 2.45) is 0 Å². The summed E-state index contributed by atoms with van der Waals surface area (Å²) >= 11 is 0. The highest BCUT2D eigenvalue weighted by Gasteiger charge is 2.23. The highest BCUT2D eigenvalue weighted by atomic mass is 16.7. The number of nitrogens with zero attached hydrogens (tertiary/aromatic N) is 4. The maximum Gasteiger partial charge on any atom is 0.253 e. The Balaban J connectivity index is 0.000000378. The molecule has 3 aliphatic heterocycles. The molecule has 1 aromatic carbocycles. The normalized spacial score (nSPS) is 19.6. The van der Waals surface area contributed by atoms with E-state index in [1.165, 1.54) is 49.2 Å². The molecule has 41 heavy (non-hydrogen) atoms. The number of likely N-dealkylation sites (tertiary alicyclic amines) is 1. The summed E-state index contributed by atoms with van der Waals surface area (Å²) in [5.41, 5.74) is 6.86. The molecule has 0 bridgehead atoms.